The smallest absolute Gasteiger partial charge is 0.159 e. The van der Waals surface area contributed by atoms with Crippen molar-refractivity contribution in [2.75, 3.05) is 0 Å². The molecule has 0 saturated carbocycles. The Bertz CT molecular complexity index is 3590. The van der Waals surface area contributed by atoms with Crippen molar-refractivity contribution in [3.05, 3.63) is 275 Å². The molecule has 1 heterocycles. The third kappa shape index (κ3) is 5.69. The van der Waals surface area contributed by atoms with Crippen LogP contribution in [0.2, 0.25) is 0 Å². The Labute approximate surface area is 385 Å². The molecule has 2 aliphatic carbocycles. The van der Waals surface area contributed by atoms with Gasteiger partial charge in [-0.05, 0) is 106 Å². The van der Waals surface area contributed by atoms with E-state index in [0.717, 1.165) is 22.5 Å². The van der Waals surface area contributed by atoms with Crippen molar-refractivity contribution in [1.29, 1.82) is 0 Å². The van der Waals surface area contributed by atoms with Crippen LogP contribution in [-0.2, 0) is 10.8 Å². The molecule has 1 unspecified atom stereocenters. The van der Waals surface area contributed by atoms with E-state index in [4.69, 9.17) is 9.98 Å². The number of hydrogen-bond acceptors (Lipinski definition) is 3. The molecule has 13 rings (SSSR count). The average Bonchev–Trinajstić information content (AvgIpc) is 3.68. The van der Waals surface area contributed by atoms with Gasteiger partial charge in [-0.2, -0.15) is 0 Å². The molecule has 0 radical (unpaired) electrons. The fraction of sp³-hybridized carbons (Fsp3) is 0.0794. The molecule has 312 valence electrons. The third-order valence-electron chi connectivity index (χ3n) is 14.6. The van der Waals surface area contributed by atoms with Gasteiger partial charge < -0.3 is 5.32 Å². The minimum Gasteiger partial charge on any atom is -0.344 e. The zero-order chi connectivity index (χ0) is 44.0. The number of fused-ring (bicyclic) bond motifs is 12. The molecular weight excluding hydrogens is 799 g/mol. The van der Waals surface area contributed by atoms with Crippen molar-refractivity contribution in [3.8, 4) is 33.4 Å². The van der Waals surface area contributed by atoms with Crippen LogP contribution in [0.4, 0.5) is 0 Å². The summed E-state index contributed by atoms with van der Waals surface area (Å²) in [7, 11) is 0. The Balaban J connectivity index is 1.05. The third-order valence-corrected chi connectivity index (χ3v) is 14.6. The second-order valence-electron chi connectivity index (χ2n) is 18.5. The number of rotatable bonds is 5. The molecular formula is C63H45N3. The lowest BCUT2D eigenvalue weighted by Gasteiger charge is -2.46. The summed E-state index contributed by atoms with van der Waals surface area (Å²) in [5.41, 5.74) is 17.4. The maximum atomic E-state index is 5.46. The minimum atomic E-state index is -0.570. The number of nitrogens with one attached hydrogen (secondary N) is 1. The lowest BCUT2D eigenvalue weighted by atomic mass is 9.55. The predicted octanol–water partition coefficient (Wildman–Crippen LogP) is 14.8. The molecule has 1 aliphatic heterocycles. The van der Waals surface area contributed by atoms with Crippen molar-refractivity contribution >= 4 is 33.2 Å². The first kappa shape index (κ1) is 38.3. The molecule has 1 atom stereocenters. The van der Waals surface area contributed by atoms with E-state index in [-0.39, 0.29) is 11.6 Å². The van der Waals surface area contributed by atoms with Gasteiger partial charge in [0, 0.05) is 16.5 Å². The van der Waals surface area contributed by atoms with E-state index in [1.54, 1.807) is 0 Å². The highest BCUT2D eigenvalue weighted by molar-refractivity contribution is 6.16. The van der Waals surface area contributed by atoms with Gasteiger partial charge in [0.1, 0.15) is 12.0 Å². The van der Waals surface area contributed by atoms with Crippen LogP contribution in [0.25, 0.3) is 54.9 Å². The van der Waals surface area contributed by atoms with Gasteiger partial charge in [0.05, 0.1) is 5.41 Å². The molecule has 1 N–H and O–H groups in total. The molecule has 0 fully saturated rings. The van der Waals surface area contributed by atoms with Gasteiger partial charge in [0.2, 0.25) is 0 Å². The summed E-state index contributed by atoms with van der Waals surface area (Å²) in [6.07, 6.45) is -0.362. The van der Waals surface area contributed by atoms with E-state index in [0.29, 0.717) is 5.84 Å². The van der Waals surface area contributed by atoms with Crippen LogP contribution in [0.5, 0.6) is 0 Å². The summed E-state index contributed by atoms with van der Waals surface area (Å²) in [5.74, 6) is 1.51. The van der Waals surface area contributed by atoms with Crippen LogP contribution in [0, 0.1) is 0 Å². The van der Waals surface area contributed by atoms with Gasteiger partial charge in [-0.3, -0.25) is 0 Å². The first-order valence-corrected chi connectivity index (χ1v) is 23.0. The van der Waals surface area contributed by atoms with E-state index >= 15 is 0 Å². The van der Waals surface area contributed by atoms with Gasteiger partial charge in [-0.25, -0.2) is 9.98 Å². The Morgan fingerprint density at radius 2 is 0.939 bits per heavy atom. The average molecular weight is 844 g/mol. The lowest BCUT2D eigenvalue weighted by Crippen LogP contribution is -2.40. The molecule has 0 aromatic heterocycles. The van der Waals surface area contributed by atoms with Crippen LogP contribution in [0.3, 0.4) is 0 Å². The van der Waals surface area contributed by atoms with Crippen molar-refractivity contribution < 1.29 is 0 Å². The number of hydrogen-bond donors (Lipinski definition) is 1. The highest BCUT2D eigenvalue weighted by Crippen LogP contribution is 2.63. The summed E-state index contributed by atoms with van der Waals surface area (Å²) < 4.78 is 0. The number of amidine groups is 2. The van der Waals surface area contributed by atoms with Crippen LogP contribution >= 0.6 is 0 Å². The zero-order valence-electron chi connectivity index (χ0n) is 36.8. The van der Waals surface area contributed by atoms with Gasteiger partial charge in [-0.1, -0.05) is 226 Å². The van der Waals surface area contributed by atoms with E-state index in [9.17, 15) is 0 Å². The number of nitrogens with zero attached hydrogens (tertiary/aromatic N) is 2. The molecule has 66 heavy (non-hydrogen) atoms. The van der Waals surface area contributed by atoms with Crippen LogP contribution < -0.4 is 5.32 Å². The quantitative estimate of drug-likeness (QED) is 0.172. The topological polar surface area (TPSA) is 36.8 Å². The Morgan fingerprint density at radius 3 is 1.67 bits per heavy atom. The summed E-state index contributed by atoms with van der Waals surface area (Å²) in [5, 5.41) is 8.91. The molecule has 10 aromatic carbocycles. The second kappa shape index (κ2) is 14.7. The van der Waals surface area contributed by atoms with Crippen LogP contribution in [0.15, 0.2) is 234 Å². The zero-order valence-corrected chi connectivity index (χ0v) is 36.8. The molecule has 0 bridgehead atoms. The summed E-state index contributed by atoms with van der Waals surface area (Å²) >= 11 is 0. The fourth-order valence-corrected chi connectivity index (χ4v) is 11.5. The SMILES string of the molecule is CC1(C)c2ccccc2C2(c3ccc(-c4ccc5ccc6ccccc6c5c4)cc3-c3c(C4=NC(c5ccccc5)=NC(c5ccc(-c6ccccc6)cc5)N4)cccc32)c2ccccc21. The van der Waals surface area contributed by atoms with Crippen molar-refractivity contribution in [3.63, 3.8) is 0 Å². The Kier molecular flexibility index (Phi) is 8.54. The standard InChI is InChI=1S/C63H45N3/c1-62(2)53-23-11-13-25-55(53)63(56-26-14-12-24-54(56)62)52-37-36-47(46-35-32-43-31-30-42-18-9-10-21-48(42)50(43)38-46)39-51(52)58-49(22-15-27-57(58)63)61-65-59(44-19-7-4-8-20-44)64-60(66-61)45-33-28-41(29-34-45)40-16-5-3-6-17-40/h3-39,60H,1-2H3,(H,64,65,66). The van der Waals surface area contributed by atoms with Crippen LogP contribution in [-0.4, -0.2) is 11.7 Å². The maximum Gasteiger partial charge on any atom is 0.159 e. The maximum absolute atomic E-state index is 5.46. The Morgan fingerprint density at radius 1 is 0.394 bits per heavy atom. The first-order valence-electron chi connectivity index (χ1n) is 23.0. The summed E-state index contributed by atoms with van der Waals surface area (Å²) in [6.45, 7) is 4.77. The lowest BCUT2D eigenvalue weighted by molar-refractivity contribution is 0.563. The van der Waals surface area contributed by atoms with Crippen molar-refractivity contribution in [1.82, 2.24) is 5.32 Å². The first-order chi connectivity index (χ1) is 32.5. The fourth-order valence-electron chi connectivity index (χ4n) is 11.5. The van der Waals surface area contributed by atoms with Gasteiger partial charge in [0.15, 0.2) is 5.84 Å². The number of aliphatic imine (C=N–C) groups is 2. The molecule has 3 heteroatoms. The van der Waals surface area contributed by atoms with Crippen molar-refractivity contribution in [2.45, 2.75) is 30.8 Å². The Hall–Kier alpha value is -8.14. The van der Waals surface area contributed by atoms with E-state index < -0.39 is 5.41 Å². The van der Waals surface area contributed by atoms with Gasteiger partial charge in [-0.15, -0.1) is 0 Å². The van der Waals surface area contributed by atoms with E-state index in [1.165, 1.54) is 88.3 Å². The highest BCUT2D eigenvalue weighted by atomic mass is 15.2. The van der Waals surface area contributed by atoms with Crippen LogP contribution in [0.1, 0.15) is 70.1 Å². The normalized spacial score (nSPS) is 16.1. The largest absolute Gasteiger partial charge is 0.344 e. The van der Waals surface area contributed by atoms with E-state index in [1.807, 2.05) is 6.07 Å². The molecule has 0 saturated heterocycles. The highest BCUT2D eigenvalue weighted by Gasteiger charge is 2.54. The minimum absolute atomic E-state index is 0.202. The van der Waals surface area contributed by atoms with Crippen molar-refractivity contribution in [2.24, 2.45) is 9.98 Å². The van der Waals surface area contributed by atoms with Gasteiger partial charge >= 0.3 is 0 Å². The molecule has 3 nitrogen and oxygen atoms in total. The summed E-state index contributed by atoms with van der Waals surface area (Å²) in [6, 6.07) is 82.3. The van der Waals surface area contributed by atoms with E-state index in [2.05, 4.69) is 238 Å². The van der Waals surface area contributed by atoms with Gasteiger partial charge in [0.25, 0.3) is 0 Å². The molecule has 10 aromatic rings. The second-order valence-corrected chi connectivity index (χ2v) is 18.5. The summed E-state index contributed by atoms with van der Waals surface area (Å²) in [4.78, 5) is 10.8. The molecule has 1 spiro atoms. The monoisotopic (exact) mass is 843 g/mol. The number of benzene rings is 10. The molecule has 3 aliphatic rings. The predicted molar refractivity (Wildman–Crippen MR) is 274 cm³/mol. The molecule has 0 amide bonds.